The molecule has 3 aliphatic rings. The van der Waals surface area contributed by atoms with E-state index in [-0.39, 0.29) is 24.6 Å². The maximum atomic E-state index is 12.1. The van der Waals surface area contributed by atoms with Crippen LogP contribution in [0.2, 0.25) is 0 Å². The number of nitrogens with one attached hydrogen (secondary N) is 1. The lowest BCUT2D eigenvalue weighted by Crippen LogP contribution is -2.52. The third-order valence-electron chi connectivity index (χ3n) is 4.68. The molecule has 2 heterocycles. The predicted octanol–water partition coefficient (Wildman–Crippen LogP) is 1.18. The third kappa shape index (κ3) is 3.31. The number of amides is 3. The maximum Gasteiger partial charge on any atom is 0.324 e. The van der Waals surface area contributed by atoms with Crippen LogP contribution in [0.1, 0.15) is 18.4 Å². The SMILES string of the molecule is O=C(NC(=O)N1CCN(Cc2ccc3c(c2)OCO3)CC1)C1CC1. The molecule has 1 saturated carbocycles. The first-order valence-electron chi connectivity index (χ1n) is 8.40. The third-order valence-corrected chi connectivity index (χ3v) is 4.68. The number of ether oxygens (including phenoxy) is 2. The Balaban J connectivity index is 1.26. The Morgan fingerprint density at radius 3 is 2.58 bits per heavy atom. The number of carbonyl (C=O) groups is 2. The summed E-state index contributed by atoms with van der Waals surface area (Å²) in [4.78, 5) is 27.8. The zero-order chi connectivity index (χ0) is 16.5. The number of fused-ring (bicyclic) bond motifs is 1. The molecule has 0 bridgehead atoms. The monoisotopic (exact) mass is 331 g/mol. The van der Waals surface area contributed by atoms with Crippen LogP contribution in [0.4, 0.5) is 4.79 Å². The van der Waals surface area contributed by atoms with E-state index in [1.807, 2.05) is 18.2 Å². The second-order valence-electron chi connectivity index (χ2n) is 6.52. The second kappa shape index (κ2) is 6.32. The summed E-state index contributed by atoms with van der Waals surface area (Å²) in [5.41, 5.74) is 1.17. The highest BCUT2D eigenvalue weighted by atomic mass is 16.7. The summed E-state index contributed by atoms with van der Waals surface area (Å²) < 4.78 is 10.7. The van der Waals surface area contributed by atoms with E-state index in [4.69, 9.17) is 9.47 Å². The smallest absolute Gasteiger partial charge is 0.324 e. The Kier molecular flexibility index (Phi) is 4.02. The van der Waals surface area contributed by atoms with Crippen LogP contribution in [0.15, 0.2) is 18.2 Å². The number of nitrogens with zero attached hydrogens (tertiary/aromatic N) is 2. The summed E-state index contributed by atoms with van der Waals surface area (Å²) in [6.45, 7) is 3.95. The number of hydrogen-bond donors (Lipinski definition) is 1. The Hall–Kier alpha value is -2.28. The van der Waals surface area contributed by atoms with E-state index < -0.39 is 0 Å². The molecule has 1 saturated heterocycles. The van der Waals surface area contributed by atoms with Crippen LogP contribution in [0.25, 0.3) is 0 Å². The minimum Gasteiger partial charge on any atom is -0.454 e. The van der Waals surface area contributed by atoms with E-state index in [2.05, 4.69) is 10.2 Å². The fraction of sp³-hybridized carbons (Fsp3) is 0.529. The van der Waals surface area contributed by atoms with Gasteiger partial charge >= 0.3 is 6.03 Å². The number of hydrogen-bond acceptors (Lipinski definition) is 5. The highest BCUT2D eigenvalue weighted by Gasteiger charge is 2.32. The van der Waals surface area contributed by atoms with Crippen molar-refractivity contribution in [2.45, 2.75) is 19.4 Å². The Morgan fingerprint density at radius 2 is 1.83 bits per heavy atom. The molecular weight excluding hydrogens is 310 g/mol. The molecule has 3 amide bonds. The molecule has 0 aromatic heterocycles. The molecule has 1 aromatic carbocycles. The zero-order valence-electron chi connectivity index (χ0n) is 13.5. The van der Waals surface area contributed by atoms with E-state index >= 15 is 0 Å². The van der Waals surface area contributed by atoms with Crippen molar-refractivity contribution in [3.63, 3.8) is 0 Å². The molecule has 1 N–H and O–H groups in total. The van der Waals surface area contributed by atoms with Crippen molar-refractivity contribution in [3.05, 3.63) is 23.8 Å². The second-order valence-corrected chi connectivity index (χ2v) is 6.52. The fourth-order valence-corrected chi connectivity index (χ4v) is 3.04. The molecule has 0 radical (unpaired) electrons. The average molecular weight is 331 g/mol. The summed E-state index contributed by atoms with van der Waals surface area (Å²) >= 11 is 0. The zero-order valence-corrected chi connectivity index (χ0v) is 13.5. The van der Waals surface area contributed by atoms with Gasteiger partial charge in [0, 0.05) is 38.6 Å². The Morgan fingerprint density at radius 1 is 1.08 bits per heavy atom. The first kappa shape index (κ1) is 15.3. The number of urea groups is 1. The van der Waals surface area contributed by atoms with Crippen LogP contribution < -0.4 is 14.8 Å². The van der Waals surface area contributed by atoms with Crippen molar-refractivity contribution in [1.29, 1.82) is 0 Å². The standard InChI is InChI=1S/C17H21N3O4/c21-16(13-2-3-13)18-17(22)20-7-5-19(6-8-20)10-12-1-4-14-15(9-12)24-11-23-14/h1,4,9,13H,2-3,5-8,10-11H2,(H,18,21,22). The predicted molar refractivity (Wildman–Crippen MR) is 85.7 cm³/mol. The molecule has 7 nitrogen and oxygen atoms in total. The summed E-state index contributed by atoms with van der Waals surface area (Å²) in [7, 11) is 0. The van der Waals surface area contributed by atoms with Gasteiger partial charge in [0.1, 0.15) is 0 Å². The van der Waals surface area contributed by atoms with Crippen molar-refractivity contribution in [3.8, 4) is 11.5 Å². The van der Waals surface area contributed by atoms with E-state index in [0.717, 1.165) is 44.0 Å². The number of piperazine rings is 1. The lowest BCUT2D eigenvalue weighted by Gasteiger charge is -2.34. The minimum absolute atomic E-state index is 0.0567. The highest BCUT2D eigenvalue weighted by Crippen LogP contribution is 2.33. The summed E-state index contributed by atoms with van der Waals surface area (Å²) in [5, 5.41) is 2.50. The molecule has 1 aliphatic carbocycles. The summed E-state index contributed by atoms with van der Waals surface area (Å²) in [5.74, 6) is 1.52. The number of benzene rings is 1. The van der Waals surface area contributed by atoms with Crippen LogP contribution in [-0.2, 0) is 11.3 Å². The average Bonchev–Trinajstić information content (AvgIpc) is 3.34. The fourth-order valence-electron chi connectivity index (χ4n) is 3.04. The van der Waals surface area contributed by atoms with Gasteiger partial charge in [-0.15, -0.1) is 0 Å². The topological polar surface area (TPSA) is 71.1 Å². The molecule has 1 aromatic rings. The van der Waals surface area contributed by atoms with Gasteiger partial charge in [-0.25, -0.2) is 4.79 Å². The van der Waals surface area contributed by atoms with Crippen molar-refractivity contribution in [2.24, 2.45) is 5.92 Å². The molecule has 2 aliphatic heterocycles. The lowest BCUT2D eigenvalue weighted by atomic mass is 10.1. The van der Waals surface area contributed by atoms with Gasteiger partial charge in [-0.2, -0.15) is 0 Å². The van der Waals surface area contributed by atoms with Crippen molar-refractivity contribution in [1.82, 2.24) is 15.1 Å². The molecule has 0 spiro atoms. The summed E-state index contributed by atoms with van der Waals surface area (Å²) in [6, 6.07) is 5.73. The number of rotatable bonds is 3. The Labute approximate surface area is 140 Å². The van der Waals surface area contributed by atoms with Crippen LogP contribution in [0.5, 0.6) is 11.5 Å². The van der Waals surface area contributed by atoms with E-state index in [0.29, 0.717) is 13.1 Å². The molecule has 4 rings (SSSR count). The highest BCUT2D eigenvalue weighted by molar-refractivity contribution is 5.96. The van der Waals surface area contributed by atoms with Gasteiger partial charge in [0.2, 0.25) is 12.7 Å². The Bertz CT molecular complexity index is 651. The van der Waals surface area contributed by atoms with Gasteiger partial charge in [0.05, 0.1) is 0 Å². The van der Waals surface area contributed by atoms with Crippen molar-refractivity contribution >= 4 is 11.9 Å². The van der Waals surface area contributed by atoms with E-state index in [1.165, 1.54) is 5.56 Å². The van der Waals surface area contributed by atoms with Crippen LogP contribution in [-0.4, -0.2) is 54.7 Å². The first-order chi connectivity index (χ1) is 11.7. The van der Waals surface area contributed by atoms with Gasteiger partial charge < -0.3 is 14.4 Å². The number of imide groups is 1. The van der Waals surface area contributed by atoms with E-state index in [9.17, 15) is 9.59 Å². The van der Waals surface area contributed by atoms with Gasteiger partial charge in [-0.3, -0.25) is 15.0 Å². The first-order valence-corrected chi connectivity index (χ1v) is 8.40. The van der Waals surface area contributed by atoms with Crippen molar-refractivity contribution in [2.75, 3.05) is 33.0 Å². The molecule has 0 atom stereocenters. The van der Waals surface area contributed by atoms with Crippen molar-refractivity contribution < 1.29 is 19.1 Å². The molecule has 0 unspecified atom stereocenters. The van der Waals surface area contributed by atoms with Crippen LogP contribution >= 0.6 is 0 Å². The molecular formula is C17H21N3O4. The van der Waals surface area contributed by atoms with Crippen LogP contribution in [0, 0.1) is 5.92 Å². The lowest BCUT2D eigenvalue weighted by molar-refractivity contribution is -0.121. The quantitative estimate of drug-likeness (QED) is 0.900. The van der Waals surface area contributed by atoms with Gasteiger partial charge in [-0.1, -0.05) is 6.07 Å². The largest absolute Gasteiger partial charge is 0.454 e. The maximum absolute atomic E-state index is 12.1. The molecule has 7 heteroatoms. The minimum atomic E-state index is -0.255. The van der Waals surface area contributed by atoms with Gasteiger partial charge in [0.25, 0.3) is 0 Å². The van der Waals surface area contributed by atoms with Gasteiger partial charge in [-0.05, 0) is 30.5 Å². The molecule has 128 valence electrons. The summed E-state index contributed by atoms with van der Waals surface area (Å²) in [6.07, 6.45) is 1.81. The normalized spacial score (nSPS) is 20.1. The van der Waals surface area contributed by atoms with E-state index in [1.54, 1.807) is 4.90 Å². The van der Waals surface area contributed by atoms with Gasteiger partial charge in [0.15, 0.2) is 11.5 Å². The molecule has 2 fully saturated rings. The van der Waals surface area contributed by atoms with Crippen LogP contribution in [0.3, 0.4) is 0 Å². The molecule has 24 heavy (non-hydrogen) atoms. The number of carbonyl (C=O) groups excluding carboxylic acids is 2.